The van der Waals surface area contributed by atoms with Gasteiger partial charge in [-0.25, -0.2) is 9.78 Å². The molecule has 1 aromatic heterocycles. The smallest absolute Gasteiger partial charge is 0.336 e. The van der Waals surface area contributed by atoms with Crippen LogP contribution in [0, 0.1) is 11.3 Å². The summed E-state index contributed by atoms with van der Waals surface area (Å²) in [6.07, 6.45) is 0. The fourth-order valence-corrected chi connectivity index (χ4v) is 4.15. The van der Waals surface area contributed by atoms with Gasteiger partial charge in [0.25, 0.3) is 0 Å². The quantitative estimate of drug-likeness (QED) is 0.362. The van der Waals surface area contributed by atoms with Crippen LogP contribution >= 0.6 is 34.5 Å². The third-order valence-corrected chi connectivity index (χ3v) is 6.17. The van der Waals surface area contributed by atoms with Gasteiger partial charge in [0.2, 0.25) is 0 Å². The van der Waals surface area contributed by atoms with E-state index in [1.807, 2.05) is 17.5 Å². The summed E-state index contributed by atoms with van der Waals surface area (Å²) in [4.78, 5) is 16.5. The fourth-order valence-electron chi connectivity index (χ4n) is 3.02. The number of carboxylic acid groups (broad SMARTS) is 1. The molecule has 4 rings (SSSR count). The summed E-state index contributed by atoms with van der Waals surface area (Å²) in [6, 6.07) is 19.4. The lowest BCUT2D eigenvalue weighted by atomic mass is 9.97. The summed E-state index contributed by atoms with van der Waals surface area (Å²) < 4.78 is 0. The van der Waals surface area contributed by atoms with Gasteiger partial charge in [-0.1, -0.05) is 53.5 Å². The molecule has 0 saturated heterocycles. The molecule has 0 aliphatic rings. The minimum absolute atomic E-state index is 0.170. The number of rotatable bonds is 4. The van der Waals surface area contributed by atoms with Crippen molar-refractivity contribution in [1.82, 2.24) is 4.98 Å². The monoisotopic (exact) mass is 450 g/mol. The molecule has 0 radical (unpaired) electrons. The number of aromatic nitrogens is 1. The molecule has 0 bridgehead atoms. The number of aromatic carboxylic acids is 1. The van der Waals surface area contributed by atoms with Crippen LogP contribution in [0.5, 0.6) is 0 Å². The molecule has 1 heterocycles. The summed E-state index contributed by atoms with van der Waals surface area (Å²) in [6.45, 7) is 0. The molecule has 0 unspecified atom stereocenters. The first kappa shape index (κ1) is 20.1. The maximum Gasteiger partial charge on any atom is 0.336 e. The Bertz CT molecular complexity index is 1310. The van der Waals surface area contributed by atoms with E-state index in [1.165, 1.54) is 11.3 Å². The lowest BCUT2D eigenvalue weighted by molar-refractivity contribution is 0.0698. The van der Waals surface area contributed by atoms with Crippen LogP contribution in [0.3, 0.4) is 0 Å². The highest BCUT2D eigenvalue weighted by Gasteiger charge is 2.15. The van der Waals surface area contributed by atoms with Crippen molar-refractivity contribution in [3.05, 3.63) is 87.2 Å². The Morgan fingerprint density at radius 3 is 2.30 bits per heavy atom. The highest BCUT2D eigenvalue weighted by Crippen LogP contribution is 2.34. The first-order chi connectivity index (χ1) is 14.5. The number of carboxylic acids is 1. The van der Waals surface area contributed by atoms with Gasteiger partial charge in [-0.3, -0.25) is 0 Å². The second-order valence-electron chi connectivity index (χ2n) is 6.42. The molecule has 1 N–H and O–H groups in total. The van der Waals surface area contributed by atoms with E-state index in [1.54, 1.807) is 48.5 Å². The van der Waals surface area contributed by atoms with Crippen LogP contribution in [0.15, 0.2) is 66.0 Å². The molecule has 0 aliphatic heterocycles. The molecular formula is C23H12Cl2N2O2S. The molecule has 0 atom stereocenters. The van der Waals surface area contributed by atoms with Gasteiger partial charge in [-0.05, 0) is 41.5 Å². The van der Waals surface area contributed by atoms with Gasteiger partial charge in [0.1, 0.15) is 5.01 Å². The summed E-state index contributed by atoms with van der Waals surface area (Å²) in [5.41, 5.74) is 4.28. The molecule has 0 spiro atoms. The molecule has 0 fully saturated rings. The highest BCUT2D eigenvalue weighted by molar-refractivity contribution is 7.13. The number of hydrogen-bond donors (Lipinski definition) is 1. The molecule has 0 saturated carbocycles. The third kappa shape index (κ3) is 3.94. The van der Waals surface area contributed by atoms with Crippen molar-refractivity contribution in [2.45, 2.75) is 0 Å². The Labute approximate surface area is 186 Å². The van der Waals surface area contributed by atoms with Gasteiger partial charge >= 0.3 is 5.97 Å². The van der Waals surface area contributed by atoms with Crippen molar-refractivity contribution in [1.29, 1.82) is 5.26 Å². The molecule has 0 aliphatic carbocycles. The lowest BCUT2D eigenvalue weighted by Crippen LogP contribution is -2.00. The Kier molecular flexibility index (Phi) is 5.56. The van der Waals surface area contributed by atoms with Crippen molar-refractivity contribution in [3.63, 3.8) is 0 Å². The second kappa shape index (κ2) is 8.29. The molecule has 146 valence electrons. The van der Waals surface area contributed by atoms with Crippen LogP contribution in [-0.2, 0) is 0 Å². The Balaban J connectivity index is 1.73. The Morgan fingerprint density at radius 1 is 0.933 bits per heavy atom. The normalized spacial score (nSPS) is 10.6. The third-order valence-electron chi connectivity index (χ3n) is 4.54. The topological polar surface area (TPSA) is 74.0 Å². The van der Waals surface area contributed by atoms with E-state index in [4.69, 9.17) is 28.5 Å². The average Bonchev–Trinajstić information content (AvgIpc) is 3.25. The van der Waals surface area contributed by atoms with Gasteiger partial charge in [-0.15, -0.1) is 11.3 Å². The van der Waals surface area contributed by atoms with Crippen molar-refractivity contribution in [3.8, 4) is 39.0 Å². The Morgan fingerprint density at radius 2 is 1.63 bits per heavy atom. The summed E-state index contributed by atoms with van der Waals surface area (Å²) in [5, 5.41) is 22.2. The zero-order valence-corrected chi connectivity index (χ0v) is 17.6. The first-order valence-electron chi connectivity index (χ1n) is 8.75. The molecule has 7 heteroatoms. The zero-order valence-electron chi connectivity index (χ0n) is 15.3. The van der Waals surface area contributed by atoms with Crippen LogP contribution in [-0.4, -0.2) is 16.1 Å². The number of halogens is 2. The van der Waals surface area contributed by atoms with E-state index in [-0.39, 0.29) is 5.56 Å². The second-order valence-corrected chi connectivity index (χ2v) is 8.09. The van der Waals surface area contributed by atoms with Gasteiger partial charge in [0.05, 0.1) is 32.9 Å². The number of carbonyl (C=O) groups is 1. The number of benzene rings is 3. The van der Waals surface area contributed by atoms with Crippen LogP contribution in [0.4, 0.5) is 0 Å². The first-order valence-corrected chi connectivity index (χ1v) is 10.4. The number of thiazole rings is 1. The maximum absolute atomic E-state index is 11.9. The summed E-state index contributed by atoms with van der Waals surface area (Å²) in [7, 11) is 0. The molecule has 0 amide bonds. The standard InChI is InChI=1S/C23H12Cl2N2O2S/c24-19-8-6-15(10-20(19)25)21-12-30-22(27-21)16-5-7-17(18(9-16)23(28)29)14-3-1-13(11-26)2-4-14/h1-10,12H,(H,28,29). The van der Waals surface area contributed by atoms with E-state index in [9.17, 15) is 9.90 Å². The number of hydrogen-bond acceptors (Lipinski definition) is 4. The lowest BCUT2D eigenvalue weighted by Gasteiger charge is -2.08. The predicted molar refractivity (Wildman–Crippen MR) is 120 cm³/mol. The van der Waals surface area contributed by atoms with Crippen molar-refractivity contribution in [2.75, 3.05) is 0 Å². The van der Waals surface area contributed by atoms with Crippen molar-refractivity contribution < 1.29 is 9.90 Å². The van der Waals surface area contributed by atoms with Crippen LogP contribution in [0.2, 0.25) is 10.0 Å². The van der Waals surface area contributed by atoms with E-state index in [2.05, 4.69) is 11.1 Å². The number of nitrogens with zero attached hydrogens (tertiary/aromatic N) is 2. The fraction of sp³-hybridized carbons (Fsp3) is 0. The van der Waals surface area contributed by atoms with Crippen molar-refractivity contribution in [2.24, 2.45) is 0 Å². The van der Waals surface area contributed by atoms with E-state index in [0.29, 0.717) is 31.7 Å². The molecular weight excluding hydrogens is 439 g/mol. The average molecular weight is 451 g/mol. The molecule has 30 heavy (non-hydrogen) atoms. The van der Waals surface area contributed by atoms with Gasteiger partial charge in [0, 0.05) is 16.5 Å². The van der Waals surface area contributed by atoms with Gasteiger partial charge in [-0.2, -0.15) is 5.26 Å². The van der Waals surface area contributed by atoms with Gasteiger partial charge < -0.3 is 5.11 Å². The minimum Gasteiger partial charge on any atom is -0.478 e. The minimum atomic E-state index is -1.03. The number of nitriles is 1. The predicted octanol–water partition coefficient (Wildman–Crippen LogP) is 7.02. The van der Waals surface area contributed by atoms with Crippen LogP contribution in [0.1, 0.15) is 15.9 Å². The van der Waals surface area contributed by atoms with E-state index < -0.39 is 5.97 Å². The van der Waals surface area contributed by atoms with Crippen LogP contribution in [0.25, 0.3) is 33.0 Å². The SMILES string of the molecule is N#Cc1ccc(-c2ccc(-c3nc(-c4ccc(Cl)c(Cl)c4)cs3)cc2C(=O)O)cc1. The van der Waals surface area contributed by atoms with Crippen molar-refractivity contribution >= 4 is 40.5 Å². The molecule has 4 aromatic rings. The van der Waals surface area contributed by atoms with E-state index in [0.717, 1.165) is 16.8 Å². The van der Waals surface area contributed by atoms with Crippen LogP contribution < -0.4 is 0 Å². The maximum atomic E-state index is 11.9. The van der Waals surface area contributed by atoms with E-state index >= 15 is 0 Å². The Hall–Kier alpha value is -3.17. The zero-order chi connectivity index (χ0) is 21.3. The van der Waals surface area contributed by atoms with Gasteiger partial charge in [0.15, 0.2) is 0 Å². The summed E-state index contributed by atoms with van der Waals surface area (Å²) >= 11 is 13.5. The summed E-state index contributed by atoms with van der Waals surface area (Å²) in [5.74, 6) is -1.03. The highest BCUT2D eigenvalue weighted by atomic mass is 35.5. The molecule has 4 nitrogen and oxygen atoms in total. The molecule has 3 aromatic carbocycles. The largest absolute Gasteiger partial charge is 0.478 e.